The van der Waals surface area contributed by atoms with Crippen molar-refractivity contribution in [3.8, 4) is 0 Å². The van der Waals surface area contributed by atoms with Gasteiger partial charge in [-0.2, -0.15) is 0 Å². The second-order valence-corrected chi connectivity index (χ2v) is 6.64. The molecule has 1 amide bonds. The summed E-state index contributed by atoms with van der Waals surface area (Å²) >= 11 is 0. The van der Waals surface area contributed by atoms with Gasteiger partial charge in [0.1, 0.15) is 0 Å². The minimum Gasteiger partial charge on any atom is -0.383 e. The summed E-state index contributed by atoms with van der Waals surface area (Å²) in [6, 6.07) is 1.86. The molecule has 0 saturated carbocycles. The van der Waals surface area contributed by atoms with E-state index >= 15 is 0 Å². The highest BCUT2D eigenvalue weighted by Gasteiger charge is 2.21. The Balaban J connectivity index is 1.99. The zero-order chi connectivity index (χ0) is 14.4. The maximum atomic E-state index is 12.3. The lowest BCUT2D eigenvalue weighted by Crippen LogP contribution is -2.39. The van der Waals surface area contributed by atoms with Crippen LogP contribution in [0.1, 0.15) is 36.5 Å². The first-order chi connectivity index (χ1) is 9.70. The van der Waals surface area contributed by atoms with Crippen LogP contribution in [0.4, 0.5) is 5.69 Å². The van der Waals surface area contributed by atoms with Gasteiger partial charge in [0, 0.05) is 41.1 Å². The van der Waals surface area contributed by atoms with Gasteiger partial charge in [-0.25, -0.2) is 0 Å². The molecule has 1 saturated heterocycles. The molecule has 0 atom stereocenters. The molecule has 1 aliphatic heterocycles. The van der Waals surface area contributed by atoms with Crippen molar-refractivity contribution in [3.05, 3.63) is 24.0 Å². The van der Waals surface area contributed by atoms with Crippen LogP contribution < -0.4 is 10.6 Å². The molecule has 2 N–H and O–H groups in total. The highest BCUT2D eigenvalue weighted by Crippen LogP contribution is 2.15. The number of nitrogens with zero attached hydrogens (tertiary/aromatic N) is 1. The second kappa shape index (κ2) is 7.38. The Labute approximate surface area is 122 Å². The fourth-order valence-electron chi connectivity index (χ4n) is 2.19. The third-order valence-corrected chi connectivity index (χ3v) is 4.74. The van der Waals surface area contributed by atoms with Crippen LogP contribution in [0.3, 0.4) is 0 Å². The standard InChI is InChI=1S/C14H21N3O2S/c1-2-6-16-13-10-15-7-3-12(13)14(18)17-11-4-8-20(19)9-5-11/h3,7,10-11,16H,2,4-6,8-9H2,1H3,(H,17,18). The normalized spacial score (nSPS) is 22.2. The van der Waals surface area contributed by atoms with E-state index in [1.165, 1.54) is 0 Å². The molecule has 5 nitrogen and oxygen atoms in total. The molecule has 1 fully saturated rings. The molecule has 20 heavy (non-hydrogen) atoms. The average Bonchev–Trinajstić information content (AvgIpc) is 2.47. The van der Waals surface area contributed by atoms with Gasteiger partial charge in [0.2, 0.25) is 0 Å². The van der Waals surface area contributed by atoms with Crippen molar-refractivity contribution in [2.45, 2.75) is 32.2 Å². The number of pyridine rings is 1. The van der Waals surface area contributed by atoms with Crippen LogP contribution in [0.2, 0.25) is 0 Å². The summed E-state index contributed by atoms with van der Waals surface area (Å²) in [4.78, 5) is 16.4. The van der Waals surface area contributed by atoms with Crippen LogP contribution >= 0.6 is 0 Å². The van der Waals surface area contributed by atoms with E-state index in [-0.39, 0.29) is 11.9 Å². The third-order valence-electron chi connectivity index (χ3n) is 3.35. The van der Waals surface area contributed by atoms with Crippen LogP contribution in [0.15, 0.2) is 18.5 Å². The predicted octanol–water partition coefficient (Wildman–Crippen LogP) is 1.54. The zero-order valence-corrected chi connectivity index (χ0v) is 12.5. The molecule has 110 valence electrons. The van der Waals surface area contributed by atoms with Gasteiger partial charge in [0.15, 0.2) is 0 Å². The van der Waals surface area contributed by atoms with Gasteiger partial charge in [0.25, 0.3) is 5.91 Å². The smallest absolute Gasteiger partial charge is 0.253 e. The maximum absolute atomic E-state index is 12.3. The molecule has 2 heterocycles. The van der Waals surface area contributed by atoms with Crippen molar-refractivity contribution in [1.82, 2.24) is 10.3 Å². The fourth-order valence-corrected chi connectivity index (χ4v) is 3.49. The van der Waals surface area contributed by atoms with Crippen LogP contribution in [0.25, 0.3) is 0 Å². The summed E-state index contributed by atoms with van der Waals surface area (Å²) in [5.74, 6) is 1.29. The molecule has 0 aromatic carbocycles. The van der Waals surface area contributed by atoms with Crippen molar-refractivity contribution in [2.75, 3.05) is 23.4 Å². The van der Waals surface area contributed by atoms with Gasteiger partial charge in [-0.1, -0.05) is 6.92 Å². The molecule has 1 aromatic rings. The Morgan fingerprint density at radius 2 is 2.20 bits per heavy atom. The monoisotopic (exact) mass is 295 g/mol. The largest absolute Gasteiger partial charge is 0.383 e. The van der Waals surface area contributed by atoms with Crippen LogP contribution in [-0.4, -0.2) is 39.2 Å². The number of rotatable bonds is 5. The molecule has 0 bridgehead atoms. The third kappa shape index (κ3) is 4.03. The van der Waals surface area contributed by atoms with Crippen molar-refractivity contribution in [3.63, 3.8) is 0 Å². The molecule has 0 unspecified atom stereocenters. The second-order valence-electron chi connectivity index (χ2n) is 4.94. The summed E-state index contributed by atoms with van der Waals surface area (Å²) in [5, 5.41) is 6.25. The first-order valence-corrected chi connectivity index (χ1v) is 8.53. The zero-order valence-electron chi connectivity index (χ0n) is 11.7. The van der Waals surface area contributed by atoms with Crippen molar-refractivity contribution < 1.29 is 9.00 Å². The molecule has 1 aliphatic rings. The highest BCUT2D eigenvalue weighted by molar-refractivity contribution is 7.85. The number of carbonyl (C=O) groups excluding carboxylic acids is 1. The number of hydrogen-bond donors (Lipinski definition) is 2. The van der Waals surface area contributed by atoms with E-state index in [4.69, 9.17) is 0 Å². The van der Waals surface area contributed by atoms with Gasteiger partial charge in [-0.3, -0.25) is 14.0 Å². The molecule has 0 radical (unpaired) electrons. The summed E-state index contributed by atoms with van der Waals surface area (Å²) in [7, 11) is -0.703. The quantitative estimate of drug-likeness (QED) is 0.864. The maximum Gasteiger partial charge on any atom is 0.253 e. The lowest BCUT2D eigenvalue weighted by Gasteiger charge is -2.23. The highest BCUT2D eigenvalue weighted by atomic mass is 32.2. The minimum atomic E-state index is -0.703. The van der Waals surface area contributed by atoms with E-state index < -0.39 is 10.8 Å². The molecule has 0 aliphatic carbocycles. The number of anilines is 1. The van der Waals surface area contributed by atoms with E-state index in [0.29, 0.717) is 17.1 Å². The lowest BCUT2D eigenvalue weighted by atomic mass is 10.1. The van der Waals surface area contributed by atoms with Gasteiger partial charge >= 0.3 is 0 Å². The topological polar surface area (TPSA) is 71.1 Å². The van der Waals surface area contributed by atoms with Gasteiger partial charge in [-0.15, -0.1) is 0 Å². The average molecular weight is 295 g/mol. The molecule has 1 aromatic heterocycles. The van der Waals surface area contributed by atoms with Crippen molar-refractivity contribution in [1.29, 1.82) is 0 Å². The molecule has 6 heteroatoms. The van der Waals surface area contributed by atoms with E-state index in [1.807, 2.05) is 0 Å². The first-order valence-electron chi connectivity index (χ1n) is 7.04. The van der Waals surface area contributed by atoms with Crippen LogP contribution in [0, 0.1) is 0 Å². The van der Waals surface area contributed by atoms with Gasteiger partial charge < -0.3 is 10.6 Å². The minimum absolute atomic E-state index is 0.0799. The Morgan fingerprint density at radius 3 is 2.90 bits per heavy atom. The predicted molar refractivity (Wildman–Crippen MR) is 81.4 cm³/mol. The molecular formula is C14H21N3O2S. The van der Waals surface area contributed by atoms with E-state index in [9.17, 15) is 9.00 Å². The Morgan fingerprint density at radius 1 is 1.45 bits per heavy atom. The van der Waals surface area contributed by atoms with Crippen LogP contribution in [0.5, 0.6) is 0 Å². The Hall–Kier alpha value is -1.43. The van der Waals surface area contributed by atoms with Crippen molar-refractivity contribution >= 4 is 22.4 Å². The van der Waals surface area contributed by atoms with E-state index in [0.717, 1.165) is 31.5 Å². The summed E-state index contributed by atoms with van der Waals surface area (Å²) in [5.41, 5.74) is 1.39. The van der Waals surface area contributed by atoms with Gasteiger partial charge in [0.05, 0.1) is 17.4 Å². The summed E-state index contributed by atoms with van der Waals surface area (Å²) in [6.07, 6.45) is 5.88. The molecular weight excluding hydrogens is 274 g/mol. The van der Waals surface area contributed by atoms with Crippen molar-refractivity contribution in [2.24, 2.45) is 0 Å². The first kappa shape index (κ1) is 15.0. The summed E-state index contributed by atoms with van der Waals surface area (Å²) in [6.45, 7) is 2.89. The number of carbonyl (C=O) groups is 1. The lowest BCUT2D eigenvalue weighted by molar-refractivity contribution is 0.0935. The molecule has 2 rings (SSSR count). The van der Waals surface area contributed by atoms with E-state index in [2.05, 4.69) is 22.5 Å². The van der Waals surface area contributed by atoms with E-state index in [1.54, 1.807) is 18.5 Å². The Kier molecular flexibility index (Phi) is 5.52. The number of hydrogen-bond acceptors (Lipinski definition) is 4. The summed E-state index contributed by atoms with van der Waals surface area (Å²) < 4.78 is 11.3. The van der Waals surface area contributed by atoms with Crippen LogP contribution in [-0.2, 0) is 10.8 Å². The fraction of sp³-hybridized carbons (Fsp3) is 0.571. The number of nitrogens with one attached hydrogen (secondary N) is 2. The Bertz CT molecular complexity index is 483. The number of amides is 1. The SMILES string of the molecule is CCCNc1cnccc1C(=O)NC1CCS(=O)CC1. The number of aromatic nitrogens is 1. The molecule has 0 spiro atoms. The van der Waals surface area contributed by atoms with Gasteiger partial charge in [-0.05, 0) is 25.3 Å².